The van der Waals surface area contributed by atoms with Gasteiger partial charge in [-0.2, -0.15) is 0 Å². The summed E-state index contributed by atoms with van der Waals surface area (Å²) in [4.78, 5) is 0.270. The van der Waals surface area contributed by atoms with E-state index in [0.717, 1.165) is 43.9 Å². The summed E-state index contributed by atoms with van der Waals surface area (Å²) in [5.41, 5.74) is 2.33. The molecule has 0 saturated heterocycles. The average molecular weight is 373 g/mol. The molecule has 2 atom stereocenters. The zero-order valence-electron chi connectivity index (χ0n) is 13.8. The number of nitrogens with one attached hydrogen (secondary N) is 2. The van der Waals surface area contributed by atoms with Crippen molar-refractivity contribution in [3.63, 3.8) is 0 Å². The van der Waals surface area contributed by atoms with Gasteiger partial charge in [-0.3, -0.25) is 0 Å². The molecule has 2 N–H and O–H groups in total. The molecule has 0 bridgehead atoms. The summed E-state index contributed by atoms with van der Waals surface area (Å²) in [6.07, 6.45) is 7.15. The van der Waals surface area contributed by atoms with Gasteiger partial charge in [-0.1, -0.05) is 18.9 Å². The molecule has 24 heavy (non-hydrogen) atoms. The molecule has 1 aromatic rings. The van der Waals surface area contributed by atoms with Gasteiger partial charge in [0.25, 0.3) is 0 Å². The zero-order chi connectivity index (χ0) is 17.4. The lowest BCUT2D eigenvalue weighted by Crippen LogP contribution is -2.52. The van der Waals surface area contributed by atoms with Crippen LogP contribution in [0.3, 0.4) is 0 Å². The molecule has 0 unspecified atom stereocenters. The first-order chi connectivity index (χ1) is 11.2. The molecule has 1 fully saturated rings. The van der Waals surface area contributed by atoms with E-state index in [1.807, 2.05) is 6.07 Å². The highest BCUT2D eigenvalue weighted by Crippen LogP contribution is 2.26. The van der Waals surface area contributed by atoms with Gasteiger partial charge in [0.15, 0.2) is 0 Å². The number of hydrogen-bond donors (Lipinski definition) is 2. The molecule has 8 heteroatoms. The number of benzene rings is 1. The lowest BCUT2D eigenvalue weighted by Gasteiger charge is -2.32. The summed E-state index contributed by atoms with van der Waals surface area (Å²) in [6.45, 7) is 0. The highest BCUT2D eigenvalue weighted by molar-refractivity contribution is 7.89. The quantitative estimate of drug-likeness (QED) is 0.815. The predicted molar refractivity (Wildman–Crippen MR) is 92.8 cm³/mol. The van der Waals surface area contributed by atoms with Crippen LogP contribution in [0.1, 0.15) is 43.2 Å². The number of rotatable bonds is 5. The Bertz CT molecular complexity index is 818. The van der Waals surface area contributed by atoms with E-state index in [1.165, 1.54) is 5.56 Å². The lowest BCUT2D eigenvalue weighted by molar-refractivity contribution is 0.340. The van der Waals surface area contributed by atoms with Gasteiger partial charge >= 0.3 is 0 Å². The Morgan fingerprint density at radius 2 is 1.50 bits per heavy atom. The van der Waals surface area contributed by atoms with E-state index in [9.17, 15) is 16.8 Å². The van der Waals surface area contributed by atoms with Crippen LogP contribution < -0.4 is 9.44 Å². The Morgan fingerprint density at radius 1 is 0.875 bits per heavy atom. The molecule has 1 saturated carbocycles. The van der Waals surface area contributed by atoms with Gasteiger partial charge in [0.2, 0.25) is 20.0 Å². The third-order valence-electron chi connectivity index (χ3n) is 4.82. The first-order valence-corrected chi connectivity index (χ1v) is 11.7. The monoisotopic (exact) mass is 372 g/mol. The van der Waals surface area contributed by atoms with Crippen molar-refractivity contribution in [2.45, 2.75) is 61.9 Å². The van der Waals surface area contributed by atoms with Gasteiger partial charge < -0.3 is 0 Å². The molecule has 134 valence electrons. The number of sulfonamides is 2. The Kier molecular flexibility index (Phi) is 5.01. The summed E-state index contributed by atoms with van der Waals surface area (Å²) < 4.78 is 53.8. The van der Waals surface area contributed by atoms with Crippen molar-refractivity contribution >= 4 is 20.0 Å². The number of hydrogen-bond acceptors (Lipinski definition) is 4. The Labute approximate surface area is 144 Å². The van der Waals surface area contributed by atoms with Gasteiger partial charge in [0.05, 0.1) is 11.2 Å². The van der Waals surface area contributed by atoms with Crippen LogP contribution >= 0.6 is 0 Å². The highest BCUT2D eigenvalue weighted by atomic mass is 32.2. The first kappa shape index (κ1) is 17.8. The van der Waals surface area contributed by atoms with E-state index in [2.05, 4.69) is 9.44 Å². The van der Waals surface area contributed by atoms with E-state index in [4.69, 9.17) is 0 Å². The Balaban J connectivity index is 1.79. The van der Waals surface area contributed by atoms with Crippen LogP contribution in [0.4, 0.5) is 0 Å². The smallest absolute Gasteiger partial charge is 0.213 e. The molecule has 0 amide bonds. The fourth-order valence-electron chi connectivity index (χ4n) is 3.67. The van der Waals surface area contributed by atoms with Crippen molar-refractivity contribution in [2.24, 2.45) is 0 Å². The maximum atomic E-state index is 12.7. The van der Waals surface area contributed by atoms with Crippen LogP contribution in [0.5, 0.6) is 0 Å². The van der Waals surface area contributed by atoms with Gasteiger partial charge in [-0.05, 0) is 55.4 Å². The minimum absolute atomic E-state index is 0.270. The minimum atomic E-state index is -3.65. The maximum Gasteiger partial charge on any atom is 0.240 e. The standard InChI is InChI=1S/C16H24N2O4S2/c1-23(19,20)17-15-7-2-3-8-16(15)18-24(21,22)14-10-9-12-5-4-6-13(12)11-14/h9-11,15-18H,2-8H2,1H3/t15-,16+/m1/s1. The SMILES string of the molecule is CS(=O)(=O)N[C@@H]1CCCC[C@@H]1NS(=O)(=O)c1ccc2c(c1)CCC2. The molecule has 0 aromatic heterocycles. The van der Waals surface area contributed by atoms with Gasteiger partial charge in [0, 0.05) is 12.1 Å². The van der Waals surface area contributed by atoms with Crippen molar-refractivity contribution < 1.29 is 16.8 Å². The Hall–Kier alpha value is -0.960. The second kappa shape index (κ2) is 6.74. The first-order valence-electron chi connectivity index (χ1n) is 8.36. The van der Waals surface area contributed by atoms with Crippen molar-refractivity contribution in [2.75, 3.05) is 6.26 Å². The third kappa shape index (κ3) is 4.17. The average Bonchev–Trinajstić information content (AvgIpc) is 2.95. The summed E-state index contributed by atoms with van der Waals surface area (Å²) in [5, 5.41) is 0. The van der Waals surface area contributed by atoms with E-state index < -0.39 is 32.1 Å². The van der Waals surface area contributed by atoms with Crippen molar-refractivity contribution in [1.29, 1.82) is 0 Å². The molecule has 1 aromatic carbocycles. The van der Waals surface area contributed by atoms with Crippen LogP contribution in [-0.2, 0) is 32.9 Å². The van der Waals surface area contributed by atoms with Crippen LogP contribution in [0.25, 0.3) is 0 Å². The van der Waals surface area contributed by atoms with Gasteiger partial charge in [-0.15, -0.1) is 0 Å². The molecule has 0 heterocycles. The molecule has 3 rings (SSSR count). The second-order valence-corrected chi connectivity index (χ2v) is 10.3. The van der Waals surface area contributed by atoms with Crippen LogP contribution in [0.15, 0.2) is 23.1 Å². The van der Waals surface area contributed by atoms with Gasteiger partial charge in [0.1, 0.15) is 0 Å². The molecular weight excluding hydrogens is 348 g/mol. The van der Waals surface area contributed by atoms with Crippen molar-refractivity contribution in [1.82, 2.24) is 9.44 Å². The van der Waals surface area contributed by atoms with E-state index in [-0.39, 0.29) is 4.90 Å². The van der Waals surface area contributed by atoms with Crippen molar-refractivity contribution in [3.05, 3.63) is 29.3 Å². The van der Waals surface area contributed by atoms with E-state index >= 15 is 0 Å². The molecular formula is C16H24N2O4S2. The molecule has 6 nitrogen and oxygen atoms in total. The molecule has 2 aliphatic carbocycles. The summed E-state index contributed by atoms with van der Waals surface area (Å²) in [6, 6.07) is 4.50. The maximum absolute atomic E-state index is 12.7. The molecule has 2 aliphatic rings. The van der Waals surface area contributed by atoms with Crippen LogP contribution in [0, 0.1) is 0 Å². The van der Waals surface area contributed by atoms with E-state index in [1.54, 1.807) is 12.1 Å². The predicted octanol–water partition coefficient (Wildman–Crippen LogP) is 1.31. The topological polar surface area (TPSA) is 92.3 Å². The second-order valence-electron chi connectivity index (χ2n) is 6.79. The molecule has 0 aliphatic heterocycles. The third-order valence-corrected chi connectivity index (χ3v) is 7.04. The number of fused-ring (bicyclic) bond motifs is 1. The zero-order valence-corrected chi connectivity index (χ0v) is 15.4. The van der Waals surface area contributed by atoms with Crippen molar-refractivity contribution in [3.8, 4) is 0 Å². The normalized spacial score (nSPS) is 24.7. The summed E-state index contributed by atoms with van der Waals surface area (Å²) >= 11 is 0. The van der Waals surface area contributed by atoms with E-state index in [0.29, 0.717) is 12.8 Å². The Morgan fingerprint density at radius 3 is 2.17 bits per heavy atom. The van der Waals surface area contributed by atoms with Crippen LogP contribution in [0.2, 0.25) is 0 Å². The molecule has 0 radical (unpaired) electrons. The lowest BCUT2D eigenvalue weighted by atomic mass is 9.92. The largest absolute Gasteiger partial charge is 0.240 e. The summed E-state index contributed by atoms with van der Waals surface area (Å²) in [7, 11) is -7.02. The molecule has 0 spiro atoms. The van der Waals surface area contributed by atoms with Gasteiger partial charge in [-0.25, -0.2) is 26.3 Å². The fourth-order valence-corrected chi connectivity index (χ4v) is 5.86. The number of aryl methyl sites for hydroxylation is 2. The van der Waals surface area contributed by atoms with Crippen LogP contribution in [-0.4, -0.2) is 35.2 Å². The summed E-state index contributed by atoms with van der Waals surface area (Å²) in [5.74, 6) is 0. The highest BCUT2D eigenvalue weighted by Gasteiger charge is 2.31. The fraction of sp³-hybridized carbons (Fsp3) is 0.625. The minimum Gasteiger partial charge on any atom is -0.213 e.